The number of hydrogen-bond donors (Lipinski definition) is 0. The van der Waals surface area contributed by atoms with Crippen LogP contribution < -0.4 is 0 Å². The Kier molecular flexibility index (Phi) is 4.44. The van der Waals surface area contributed by atoms with Crippen LogP contribution in [0.2, 0.25) is 0 Å². The molecule has 2 heterocycles. The predicted molar refractivity (Wildman–Crippen MR) is 75.5 cm³/mol. The molecule has 1 atom stereocenters. The van der Waals surface area contributed by atoms with Gasteiger partial charge in [-0.1, -0.05) is 20.8 Å². The standard InChI is InChI=1S/C15H27N3/c1-15(2,3)14-5-4-8-17(9-6-14)11-12-18-10-7-16-13-18/h7,10,13-14H,4-6,8-9,11-12H2,1-3H3/t14-/m0/s1. The molecule has 1 aromatic heterocycles. The van der Waals surface area contributed by atoms with Gasteiger partial charge in [-0.3, -0.25) is 0 Å². The number of hydrogen-bond acceptors (Lipinski definition) is 2. The van der Waals surface area contributed by atoms with Crippen LogP contribution in [0.3, 0.4) is 0 Å². The average molecular weight is 249 g/mol. The summed E-state index contributed by atoms with van der Waals surface area (Å²) in [6, 6.07) is 0. The Labute approximate surface area is 111 Å². The van der Waals surface area contributed by atoms with Crippen molar-refractivity contribution in [3.63, 3.8) is 0 Å². The summed E-state index contributed by atoms with van der Waals surface area (Å²) in [5.74, 6) is 0.885. The molecule has 0 aliphatic carbocycles. The first-order valence-corrected chi connectivity index (χ1v) is 7.24. The highest BCUT2D eigenvalue weighted by molar-refractivity contribution is 4.79. The Balaban J connectivity index is 1.78. The Hall–Kier alpha value is -0.830. The second kappa shape index (κ2) is 5.87. The molecular weight excluding hydrogens is 222 g/mol. The first-order chi connectivity index (χ1) is 8.55. The maximum Gasteiger partial charge on any atom is 0.0946 e. The van der Waals surface area contributed by atoms with Crippen molar-refractivity contribution in [2.45, 2.75) is 46.6 Å². The van der Waals surface area contributed by atoms with E-state index in [0.717, 1.165) is 19.0 Å². The molecule has 1 aliphatic heterocycles. The van der Waals surface area contributed by atoms with Crippen LogP contribution >= 0.6 is 0 Å². The molecule has 0 amide bonds. The Morgan fingerprint density at radius 2 is 2.00 bits per heavy atom. The van der Waals surface area contributed by atoms with E-state index in [1.165, 1.54) is 32.4 Å². The van der Waals surface area contributed by atoms with Crippen molar-refractivity contribution in [1.82, 2.24) is 14.5 Å². The molecule has 3 nitrogen and oxygen atoms in total. The van der Waals surface area contributed by atoms with E-state index in [1.807, 2.05) is 12.5 Å². The van der Waals surface area contributed by atoms with E-state index in [4.69, 9.17) is 0 Å². The number of aromatic nitrogens is 2. The Morgan fingerprint density at radius 3 is 2.67 bits per heavy atom. The molecule has 1 fully saturated rings. The second-order valence-electron chi connectivity index (χ2n) is 6.64. The van der Waals surface area contributed by atoms with Crippen molar-refractivity contribution < 1.29 is 0 Å². The topological polar surface area (TPSA) is 21.1 Å². The van der Waals surface area contributed by atoms with Crippen LogP contribution in [0.15, 0.2) is 18.7 Å². The number of rotatable bonds is 3. The average Bonchev–Trinajstić information content (AvgIpc) is 2.69. The zero-order valence-corrected chi connectivity index (χ0v) is 12.1. The van der Waals surface area contributed by atoms with Gasteiger partial charge in [-0.05, 0) is 43.7 Å². The molecule has 0 radical (unpaired) electrons. The molecule has 0 bridgehead atoms. The van der Waals surface area contributed by atoms with Gasteiger partial charge in [-0.25, -0.2) is 4.98 Å². The van der Waals surface area contributed by atoms with Gasteiger partial charge in [-0.2, -0.15) is 0 Å². The van der Waals surface area contributed by atoms with Crippen LogP contribution in [-0.2, 0) is 6.54 Å². The van der Waals surface area contributed by atoms with Gasteiger partial charge in [0.25, 0.3) is 0 Å². The summed E-state index contributed by atoms with van der Waals surface area (Å²) in [7, 11) is 0. The largest absolute Gasteiger partial charge is 0.336 e. The van der Waals surface area contributed by atoms with E-state index < -0.39 is 0 Å². The predicted octanol–water partition coefficient (Wildman–Crippen LogP) is 3.03. The van der Waals surface area contributed by atoms with E-state index in [9.17, 15) is 0 Å². The summed E-state index contributed by atoms with van der Waals surface area (Å²) in [5, 5.41) is 0. The van der Waals surface area contributed by atoms with Crippen LogP contribution in [0, 0.1) is 11.3 Å². The van der Waals surface area contributed by atoms with Crippen LogP contribution in [-0.4, -0.2) is 34.1 Å². The Bertz CT molecular complexity index is 337. The second-order valence-corrected chi connectivity index (χ2v) is 6.64. The SMILES string of the molecule is CC(C)(C)[C@H]1CCCN(CCn2ccnc2)CC1. The maximum atomic E-state index is 4.09. The minimum Gasteiger partial charge on any atom is -0.336 e. The van der Waals surface area contributed by atoms with Crippen molar-refractivity contribution in [3.8, 4) is 0 Å². The monoisotopic (exact) mass is 249 g/mol. The first kappa shape index (κ1) is 13.6. The van der Waals surface area contributed by atoms with Crippen molar-refractivity contribution in [2.24, 2.45) is 11.3 Å². The molecule has 0 saturated carbocycles. The van der Waals surface area contributed by atoms with E-state index in [1.54, 1.807) is 0 Å². The Morgan fingerprint density at radius 1 is 1.17 bits per heavy atom. The van der Waals surface area contributed by atoms with E-state index in [0.29, 0.717) is 5.41 Å². The summed E-state index contributed by atoms with van der Waals surface area (Å²) < 4.78 is 2.17. The number of nitrogens with zero attached hydrogens (tertiary/aromatic N) is 3. The molecule has 0 aromatic carbocycles. The molecule has 0 spiro atoms. The van der Waals surface area contributed by atoms with Gasteiger partial charge in [0, 0.05) is 25.5 Å². The lowest BCUT2D eigenvalue weighted by molar-refractivity contribution is 0.206. The van der Waals surface area contributed by atoms with Crippen molar-refractivity contribution in [2.75, 3.05) is 19.6 Å². The summed E-state index contributed by atoms with van der Waals surface area (Å²) in [6.45, 7) is 11.9. The zero-order valence-electron chi connectivity index (χ0n) is 12.1. The third-order valence-corrected chi connectivity index (χ3v) is 4.28. The zero-order chi connectivity index (χ0) is 13.0. The van der Waals surface area contributed by atoms with E-state index in [-0.39, 0.29) is 0 Å². The molecule has 0 N–H and O–H groups in total. The highest BCUT2D eigenvalue weighted by Crippen LogP contribution is 2.34. The highest BCUT2D eigenvalue weighted by atomic mass is 15.2. The molecule has 102 valence electrons. The summed E-state index contributed by atoms with van der Waals surface area (Å²) >= 11 is 0. The smallest absolute Gasteiger partial charge is 0.0946 e. The minimum atomic E-state index is 0.473. The fourth-order valence-corrected chi connectivity index (χ4v) is 2.92. The third-order valence-electron chi connectivity index (χ3n) is 4.28. The van der Waals surface area contributed by atoms with Gasteiger partial charge in [0.15, 0.2) is 0 Å². The van der Waals surface area contributed by atoms with Gasteiger partial charge < -0.3 is 9.47 Å². The number of likely N-dealkylation sites (tertiary alicyclic amines) is 1. The summed E-state index contributed by atoms with van der Waals surface area (Å²) in [5.41, 5.74) is 0.473. The fraction of sp³-hybridized carbons (Fsp3) is 0.800. The molecule has 1 aromatic rings. The molecule has 2 rings (SSSR count). The van der Waals surface area contributed by atoms with Crippen molar-refractivity contribution >= 4 is 0 Å². The van der Waals surface area contributed by atoms with Gasteiger partial charge in [0.05, 0.1) is 6.33 Å². The first-order valence-electron chi connectivity index (χ1n) is 7.24. The molecule has 0 unspecified atom stereocenters. The summed E-state index contributed by atoms with van der Waals surface area (Å²) in [4.78, 5) is 6.71. The molecular formula is C15H27N3. The van der Waals surface area contributed by atoms with Gasteiger partial charge in [0.1, 0.15) is 0 Å². The maximum absolute atomic E-state index is 4.09. The molecule has 1 saturated heterocycles. The van der Waals surface area contributed by atoms with Crippen molar-refractivity contribution in [3.05, 3.63) is 18.7 Å². The molecule has 1 aliphatic rings. The normalized spacial score (nSPS) is 22.9. The van der Waals surface area contributed by atoms with Crippen LogP contribution in [0.1, 0.15) is 40.0 Å². The van der Waals surface area contributed by atoms with Crippen LogP contribution in [0.4, 0.5) is 0 Å². The van der Waals surface area contributed by atoms with Gasteiger partial charge in [0.2, 0.25) is 0 Å². The lowest BCUT2D eigenvalue weighted by atomic mass is 9.77. The van der Waals surface area contributed by atoms with Crippen molar-refractivity contribution in [1.29, 1.82) is 0 Å². The lowest BCUT2D eigenvalue weighted by Crippen LogP contribution is -2.29. The lowest BCUT2D eigenvalue weighted by Gasteiger charge is -2.29. The molecule has 3 heteroatoms. The fourth-order valence-electron chi connectivity index (χ4n) is 2.92. The van der Waals surface area contributed by atoms with Crippen LogP contribution in [0.5, 0.6) is 0 Å². The summed E-state index contributed by atoms with van der Waals surface area (Å²) in [6.07, 6.45) is 9.92. The van der Waals surface area contributed by atoms with E-state index >= 15 is 0 Å². The molecule has 18 heavy (non-hydrogen) atoms. The van der Waals surface area contributed by atoms with Gasteiger partial charge in [-0.15, -0.1) is 0 Å². The quantitative estimate of drug-likeness (QED) is 0.821. The van der Waals surface area contributed by atoms with Gasteiger partial charge >= 0.3 is 0 Å². The highest BCUT2D eigenvalue weighted by Gasteiger charge is 2.26. The minimum absolute atomic E-state index is 0.473. The van der Waals surface area contributed by atoms with Crippen LogP contribution in [0.25, 0.3) is 0 Å². The number of imidazole rings is 1. The third kappa shape index (κ3) is 3.84. The van der Waals surface area contributed by atoms with E-state index in [2.05, 4.69) is 41.4 Å².